The number of benzene rings is 2. The smallest absolute Gasteiger partial charge is 0.220 e. The van der Waals surface area contributed by atoms with E-state index < -0.39 is 0 Å². The fourth-order valence-corrected chi connectivity index (χ4v) is 4.05. The number of carbonyl (C=O) groups is 1. The lowest BCUT2D eigenvalue weighted by atomic mass is 9.93. The molecule has 1 atom stereocenters. The molecule has 1 N–H and O–H groups in total. The third-order valence-electron chi connectivity index (χ3n) is 5.44. The number of carbonyl (C=O) groups excluding carboxylic acids is 1. The van der Waals surface area contributed by atoms with Crippen LogP contribution in [0.25, 0.3) is 0 Å². The summed E-state index contributed by atoms with van der Waals surface area (Å²) >= 11 is 6.13. The summed E-state index contributed by atoms with van der Waals surface area (Å²) in [7, 11) is 1.48. The van der Waals surface area contributed by atoms with Gasteiger partial charge in [0.2, 0.25) is 5.91 Å². The number of amides is 1. The quantitative estimate of drug-likeness (QED) is 0.669. The SMILES string of the molecule is COc1cc(CN2CCCC(CCC(=O)NCc3ccccc3Cl)C2)ccc1F. The minimum atomic E-state index is -0.337. The summed E-state index contributed by atoms with van der Waals surface area (Å²) in [4.78, 5) is 14.6. The molecule has 0 spiro atoms. The van der Waals surface area contributed by atoms with E-state index in [0.717, 1.165) is 50.0 Å². The van der Waals surface area contributed by atoms with E-state index in [1.165, 1.54) is 13.2 Å². The summed E-state index contributed by atoms with van der Waals surface area (Å²) in [5.74, 6) is 0.504. The molecule has 1 unspecified atom stereocenters. The number of nitrogens with zero attached hydrogens (tertiary/aromatic N) is 1. The monoisotopic (exact) mass is 418 g/mol. The number of piperidine rings is 1. The normalized spacial score (nSPS) is 17.1. The fraction of sp³-hybridized carbons (Fsp3) is 0.435. The third kappa shape index (κ3) is 6.44. The number of nitrogens with one attached hydrogen (secondary N) is 1. The highest BCUT2D eigenvalue weighted by molar-refractivity contribution is 6.31. The van der Waals surface area contributed by atoms with Gasteiger partial charge >= 0.3 is 0 Å². The molecule has 1 saturated heterocycles. The zero-order valence-corrected chi connectivity index (χ0v) is 17.6. The Bertz CT molecular complexity index is 830. The molecule has 2 aromatic rings. The molecular weight excluding hydrogens is 391 g/mol. The van der Waals surface area contributed by atoms with Gasteiger partial charge in [-0.3, -0.25) is 9.69 Å². The molecule has 0 aliphatic carbocycles. The maximum atomic E-state index is 13.6. The van der Waals surface area contributed by atoms with Crippen molar-refractivity contribution in [2.75, 3.05) is 20.2 Å². The van der Waals surface area contributed by atoms with Crippen LogP contribution in [0.2, 0.25) is 5.02 Å². The van der Waals surface area contributed by atoms with Gasteiger partial charge in [-0.05, 0) is 61.1 Å². The lowest BCUT2D eigenvalue weighted by molar-refractivity contribution is -0.121. The van der Waals surface area contributed by atoms with Gasteiger partial charge < -0.3 is 10.1 Å². The van der Waals surface area contributed by atoms with E-state index in [1.807, 2.05) is 30.3 Å². The van der Waals surface area contributed by atoms with Crippen molar-refractivity contribution in [2.24, 2.45) is 5.92 Å². The predicted molar refractivity (Wildman–Crippen MR) is 113 cm³/mol. The maximum absolute atomic E-state index is 13.6. The third-order valence-corrected chi connectivity index (χ3v) is 5.81. The number of likely N-dealkylation sites (tertiary alicyclic amines) is 1. The molecule has 1 fully saturated rings. The molecule has 2 aromatic carbocycles. The van der Waals surface area contributed by atoms with Crippen molar-refractivity contribution in [3.05, 3.63) is 64.4 Å². The number of methoxy groups -OCH3 is 1. The van der Waals surface area contributed by atoms with Crippen LogP contribution in [-0.4, -0.2) is 31.0 Å². The van der Waals surface area contributed by atoms with Crippen LogP contribution in [-0.2, 0) is 17.9 Å². The van der Waals surface area contributed by atoms with Gasteiger partial charge in [-0.15, -0.1) is 0 Å². The standard InChI is InChI=1S/C23H28ClFN2O2/c1-29-22-13-18(8-10-21(22)25)16-27-12-4-5-17(15-27)9-11-23(28)26-14-19-6-2-3-7-20(19)24/h2-3,6-8,10,13,17H,4-5,9,11-12,14-16H2,1H3,(H,26,28). The van der Waals surface area contributed by atoms with Gasteiger partial charge in [-0.2, -0.15) is 0 Å². The Morgan fingerprint density at radius 1 is 1.31 bits per heavy atom. The van der Waals surface area contributed by atoms with Crippen molar-refractivity contribution in [2.45, 2.75) is 38.8 Å². The van der Waals surface area contributed by atoms with Crippen molar-refractivity contribution in [1.82, 2.24) is 10.2 Å². The highest BCUT2D eigenvalue weighted by atomic mass is 35.5. The first kappa shape index (κ1) is 21.6. The van der Waals surface area contributed by atoms with Crippen LogP contribution >= 0.6 is 11.6 Å². The topological polar surface area (TPSA) is 41.6 Å². The zero-order chi connectivity index (χ0) is 20.6. The second-order valence-corrected chi connectivity index (χ2v) is 8.03. The van der Waals surface area contributed by atoms with Crippen LogP contribution < -0.4 is 10.1 Å². The van der Waals surface area contributed by atoms with E-state index in [1.54, 1.807) is 6.07 Å². The van der Waals surface area contributed by atoms with E-state index >= 15 is 0 Å². The summed E-state index contributed by atoms with van der Waals surface area (Å²) in [6.45, 7) is 3.21. The first-order valence-electron chi connectivity index (χ1n) is 10.1. The van der Waals surface area contributed by atoms with E-state index in [4.69, 9.17) is 16.3 Å². The highest BCUT2D eigenvalue weighted by Crippen LogP contribution is 2.24. The first-order valence-corrected chi connectivity index (χ1v) is 10.5. The van der Waals surface area contributed by atoms with Crippen molar-refractivity contribution >= 4 is 17.5 Å². The molecule has 3 rings (SSSR count). The van der Waals surface area contributed by atoms with E-state index in [2.05, 4.69) is 10.2 Å². The van der Waals surface area contributed by atoms with Gasteiger partial charge in [0, 0.05) is 31.1 Å². The fourth-order valence-electron chi connectivity index (χ4n) is 3.85. The molecule has 4 nitrogen and oxygen atoms in total. The van der Waals surface area contributed by atoms with Crippen LogP contribution in [0.5, 0.6) is 5.75 Å². The molecular formula is C23H28ClFN2O2. The van der Waals surface area contributed by atoms with Gasteiger partial charge in [-0.1, -0.05) is 35.9 Å². The molecule has 1 aliphatic heterocycles. The Kier molecular flexibility index (Phi) is 7.90. The second-order valence-electron chi connectivity index (χ2n) is 7.62. The zero-order valence-electron chi connectivity index (χ0n) is 16.8. The van der Waals surface area contributed by atoms with Gasteiger partial charge in [0.15, 0.2) is 11.6 Å². The lowest BCUT2D eigenvalue weighted by Gasteiger charge is -2.32. The first-order chi connectivity index (χ1) is 14.0. The van der Waals surface area contributed by atoms with Gasteiger partial charge in [-0.25, -0.2) is 4.39 Å². The van der Waals surface area contributed by atoms with Gasteiger partial charge in [0.25, 0.3) is 0 Å². The van der Waals surface area contributed by atoms with Crippen molar-refractivity contribution < 1.29 is 13.9 Å². The van der Waals surface area contributed by atoms with Crippen LogP contribution in [0, 0.1) is 11.7 Å². The van der Waals surface area contributed by atoms with Crippen molar-refractivity contribution in [3.63, 3.8) is 0 Å². The molecule has 29 heavy (non-hydrogen) atoms. The average molecular weight is 419 g/mol. The minimum Gasteiger partial charge on any atom is -0.494 e. The van der Waals surface area contributed by atoms with E-state index in [9.17, 15) is 9.18 Å². The Morgan fingerprint density at radius 2 is 2.14 bits per heavy atom. The Balaban J connectivity index is 1.43. The molecule has 0 bridgehead atoms. The number of hydrogen-bond acceptors (Lipinski definition) is 3. The summed E-state index contributed by atoms with van der Waals surface area (Å²) in [5, 5.41) is 3.64. The number of hydrogen-bond donors (Lipinski definition) is 1. The molecule has 1 heterocycles. The predicted octanol–water partition coefficient (Wildman–Crippen LogP) is 4.80. The molecule has 1 aliphatic rings. The van der Waals surface area contributed by atoms with Crippen molar-refractivity contribution in [3.8, 4) is 5.75 Å². The average Bonchev–Trinajstić information content (AvgIpc) is 2.73. The van der Waals surface area contributed by atoms with Gasteiger partial charge in [0.05, 0.1) is 7.11 Å². The molecule has 0 saturated carbocycles. The molecule has 6 heteroatoms. The lowest BCUT2D eigenvalue weighted by Crippen LogP contribution is -2.35. The summed E-state index contributed by atoms with van der Waals surface area (Å²) in [6.07, 6.45) is 3.65. The van der Waals surface area contributed by atoms with Crippen LogP contribution in [0.4, 0.5) is 4.39 Å². The minimum absolute atomic E-state index is 0.0605. The Morgan fingerprint density at radius 3 is 2.93 bits per heavy atom. The summed E-state index contributed by atoms with van der Waals surface area (Å²) in [5.41, 5.74) is 1.97. The molecule has 156 valence electrons. The van der Waals surface area contributed by atoms with Crippen molar-refractivity contribution in [1.29, 1.82) is 0 Å². The van der Waals surface area contributed by atoms with E-state index in [0.29, 0.717) is 23.9 Å². The Hall–Kier alpha value is -2.11. The summed E-state index contributed by atoms with van der Waals surface area (Å²) in [6, 6.07) is 12.6. The van der Waals surface area contributed by atoms with Gasteiger partial charge in [0.1, 0.15) is 0 Å². The molecule has 0 radical (unpaired) electrons. The molecule has 1 amide bonds. The summed E-state index contributed by atoms with van der Waals surface area (Å²) < 4.78 is 18.7. The maximum Gasteiger partial charge on any atom is 0.220 e. The second kappa shape index (κ2) is 10.6. The number of halogens is 2. The largest absolute Gasteiger partial charge is 0.494 e. The Labute approximate surface area is 177 Å². The van der Waals surface area contributed by atoms with Crippen LogP contribution in [0.1, 0.15) is 36.8 Å². The molecule has 0 aromatic heterocycles. The van der Waals surface area contributed by atoms with E-state index in [-0.39, 0.29) is 17.5 Å². The number of rotatable bonds is 8. The van der Waals surface area contributed by atoms with Crippen LogP contribution in [0.3, 0.4) is 0 Å². The highest BCUT2D eigenvalue weighted by Gasteiger charge is 2.21. The van der Waals surface area contributed by atoms with Crippen LogP contribution in [0.15, 0.2) is 42.5 Å². The number of ether oxygens (including phenoxy) is 1.